The zero-order valence-corrected chi connectivity index (χ0v) is 15.8. The second kappa shape index (κ2) is 7.99. The van der Waals surface area contributed by atoms with Crippen LogP contribution in [0.3, 0.4) is 0 Å². The van der Waals surface area contributed by atoms with Crippen molar-refractivity contribution in [2.75, 3.05) is 7.11 Å². The van der Waals surface area contributed by atoms with Crippen molar-refractivity contribution < 1.29 is 9.53 Å². The molecule has 2 rings (SSSR count). The Morgan fingerprint density at radius 1 is 1.08 bits per heavy atom. The molecular formula is C21H24O2Si. The van der Waals surface area contributed by atoms with Crippen LogP contribution in [0.4, 0.5) is 0 Å². The first-order valence-electron chi connectivity index (χ1n) is 8.14. The van der Waals surface area contributed by atoms with Gasteiger partial charge in [-0.05, 0) is 18.6 Å². The fraction of sp³-hybridized carbons (Fsp3) is 0.286. The molecule has 0 saturated heterocycles. The highest BCUT2D eigenvalue weighted by Crippen LogP contribution is 2.26. The van der Waals surface area contributed by atoms with Crippen LogP contribution in [0.25, 0.3) is 0 Å². The summed E-state index contributed by atoms with van der Waals surface area (Å²) in [6, 6.07) is 18.5. The molecule has 0 spiro atoms. The van der Waals surface area contributed by atoms with Crippen LogP contribution >= 0.6 is 0 Å². The van der Waals surface area contributed by atoms with Gasteiger partial charge in [-0.3, -0.25) is 4.79 Å². The largest absolute Gasteiger partial charge is 0.469 e. The molecule has 24 heavy (non-hydrogen) atoms. The molecule has 0 saturated carbocycles. The van der Waals surface area contributed by atoms with Gasteiger partial charge in [0.1, 0.15) is 0 Å². The fourth-order valence-corrected chi connectivity index (χ4v) is 5.25. The molecule has 0 fully saturated rings. The van der Waals surface area contributed by atoms with Crippen molar-refractivity contribution in [3.8, 4) is 11.8 Å². The Morgan fingerprint density at radius 3 is 2.33 bits per heavy atom. The normalized spacial score (nSPS) is 12.0. The Hall–Kier alpha value is -2.31. The molecule has 0 bridgehead atoms. The van der Waals surface area contributed by atoms with Crippen molar-refractivity contribution in [3.05, 3.63) is 65.7 Å². The maximum atomic E-state index is 11.9. The lowest BCUT2D eigenvalue weighted by Crippen LogP contribution is -2.46. The minimum Gasteiger partial charge on any atom is -0.469 e. The molecule has 124 valence electrons. The lowest BCUT2D eigenvalue weighted by Gasteiger charge is -2.28. The molecule has 0 amide bonds. The van der Waals surface area contributed by atoms with Crippen LogP contribution in [0.2, 0.25) is 18.6 Å². The van der Waals surface area contributed by atoms with Crippen molar-refractivity contribution >= 4 is 19.2 Å². The molecule has 0 unspecified atom stereocenters. The number of methoxy groups -OCH3 is 1. The summed E-state index contributed by atoms with van der Waals surface area (Å²) in [4.78, 5) is 11.9. The van der Waals surface area contributed by atoms with E-state index >= 15 is 0 Å². The van der Waals surface area contributed by atoms with E-state index < -0.39 is 8.07 Å². The second-order valence-corrected chi connectivity index (χ2v) is 11.2. The maximum absolute atomic E-state index is 11.9. The number of hydrogen-bond acceptors (Lipinski definition) is 2. The highest BCUT2D eigenvalue weighted by molar-refractivity contribution is 6.91. The minimum absolute atomic E-state index is 0.00644. The van der Waals surface area contributed by atoms with Gasteiger partial charge in [0.05, 0.1) is 21.6 Å². The van der Waals surface area contributed by atoms with Crippen molar-refractivity contribution in [3.63, 3.8) is 0 Å². The van der Waals surface area contributed by atoms with Crippen molar-refractivity contribution in [1.29, 1.82) is 0 Å². The van der Waals surface area contributed by atoms with Crippen LogP contribution in [-0.4, -0.2) is 21.2 Å². The van der Waals surface area contributed by atoms with E-state index in [9.17, 15) is 4.79 Å². The zero-order chi connectivity index (χ0) is 17.6. The highest BCUT2D eigenvalue weighted by Gasteiger charge is 2.34. The first-order valence-corrected chi connectivity index (χ1v) is 11.2. The third-order valence-electron chi connectivity index (χ3n) is 4.51. The number of ether oxygens (including phenoxy) is 1. The average molecular weight is 337 g/mol. The Bertz CT molecular complexity index is 754. The number of carbonyl (C=O) groups is 1. The SMILES string of the molecule is COC(=O)C[C@H](C#Cc1ccccc1C)[Si](C)(C)c1ccccc1. The van der Waals surface area contributed by atoms with E-state index in [2.05, 4.69) is 50.1 Å². The first-order chi connectivity index (χ1) is 11.4. The monoisotopic (exact) mass is 336 g/mol. The molecule has 0 radical (unpaired) electrons. The molecule has 2 aromatic rings. The van der Waals surface area contributed by atoms with Gasteiger partial charge in [0.25, 0.3) is 0 Å². The summed E-state index contributed by atoms with van der Waals surface area (Å²) < 4.78 is 4.90. The second-order valence-electron chi connectivity index (χ2n) is 6.50. The molecule has 0 aliphatic rings. The van der Waals surface area contributed by atoms with Crippen LogP contribution in [0, 0.1) is 18.8 Å². The lowest BCUT2D eigenvalue weighted by molar-refractivity contribution is -0.140. The van der Waals surface area contributed by atoms with Gasteiger partial charge in [-0.15, -0.1) is 0 Å². The molecule has 1 atom stereocenters. The molecule has 0 aromatic heterocycles. The van der Waals surface area contributed by atoms with Gasteiger partial charge in [0.2, 0.25) is 0 Å². The summed E-state index contributed by atoms with van der Waals surface area (Å²) in [6.07, 6.45) is 0.337. The number of hydrogen-bond donors (Lipinski definition) is 0. The topological polar surface area (TPSA) is 26.3 Å². The van der Waals surface area contributed by atoms with Crippen LogP contribution in [0.5, 0.6) is 0 Å². The van der Waals surface area contributed by atoms with Crippen LogP contribution in [0.15, 0.2) is 54.6 Å². The number of esters is 1. The van der Waals surface area contributed by atoms with Gasteiger partial charge < -0.3 is 4.74 Å². The average Bonchev–Trinajstić information content (AvgIpc) is 2.60. The van der Waals surface area contributed by atoms with E-state index in [-0.39, 0.29) is 11.5 Å². The zero-order valence-electron chi connectivity index (χ0n) is 14.8. The standard InChI is InChI=1S/C21H24O2Si/c1-17-10-8-9-11-18(17)14-15-20(16-21(22)23-2)24(3,4)19-12-6-5-7-13-19/h5-13,20H,16H2,1-4H3/t20-/m0/s1. The van der Waals surface area contributed by atoms with E-state index in [4.69, 9.17) is 4.74 Å². The molecule has 0 aliphatic heterocycles. The lowest BCUT2D eigenvalue weighted by atomic mass is 10.1. The third-order valence-corrected chi connectivity index (χ3v) is 8.43. The van der Waals surface area contributed by atoms with E-state index in [1.807, 2.05) is 36.4 Å². The number of aryl methyl sites for hydroxylation is 1. The number of carbonyl (C=O) groups excluding carboxylic acids is 1. The smallest absolute Gasteiger partial charge is 0.306 e. The number of benzene rings is 2. The van der Waals surface area contributed by atoms with E-state index in [1.54, 1.807) is 0 Å². The van der Waals surface area contributed by atoms with Crippen molar-refractivity contribution in [2.45, 2.75) is 32.0 Å². The Balaban J connectivity index is 2.39. The summed E-state index contributed by atoms with van der Waals surface area (Å²) in [5.41, 5.74) is 2.18. The summed E-state index contributed by atoms with van der Waals surface area (Å²) in [5, 5.41) is 1.30. The van der Waals surface area contributed by atoms with Gasteiger partial charge in [0, 0.05) is 11.1 Å². The Kier molecular flexibility index (Phi) is 6.00. The van der Waals surface area contributed by atoms with E-state index in [0.29, 0.717) is 6.42 Å². The summed E-state index contributed by atoms with van der Waals surface area (Å²) in [7, 11) is -0.498. The predicted molar refractivity (Wildman–Crippen MR) is 102 cm³/mol. The summed E-state index contributed by atoms with van der Waals surface area (Å²) in [5.74, 6) is 6.49. The van der Waals surface area contributed by atoms with Gasteiger partial charge in [-0.1, -0.05) is 78.7 Å². The van der Waals surface area contributed by atoms with E-state index in [1.165, 1.54) is 12.3 Å². The van der Waals surface area contributed by atoms with Gasteiger partial charge in [-0.25, -0.2) is 0 Å². The fourth-order valence-electron chi connectivity index (χ4n) is 2.68. The molecule has 0 aliphatic carbocycles. The quantitative estimate of drug-likeness (QED) is 0.481. The number of rotatable bonds is 4. The maximum Gasteiger partial charge on any atom is 0.306 e. The Labute approximate surface area is 145 Å². The highest BCUT2D eigenvalue weighted by atomic mass is 28.3. The first kappa shape index (κ1) is 18.0. The summed E-state index contributed by atoms with van der Waals surface area (Å²) >= 11 is 0. The molecular weight excluding hydrogens is 312 g/mol. The molecule has 3 heteroatoms. The van der Waals surface area contributed by atoms with Gasteiger partial charge in [0.15, 0.2) is 0 Å². The molecule has 2 nitrogen and oxygen atoms in total. The molecule has 0 heterocycles. The Morgan fingerprint density at radius 2 is 1.71 bits per heavy atom. The predicted octanol–water partition coefficient (Wildman–Crippen LogP) is 3.90. The minimum atomic E-state index is -1.93. The van der Waals surface area contributed by atoms with Crippen LogP contribution in [-0.2, 0) is 9.53 Å². The molecule has 2 aromatic carbocycles. The molecule has 0 N–H and O–H groups in total. The van der Waals surface area contributed by atoms with Crippen molar-refractivity contribution in [1.82, 2.24) is 0 Å². The van der Waals surface area contributed by atoms with Crippen LogP contribution in [0.1, 0.15) is 17.5 Å². The van der Waals surface area contributed by atoms with E-state index in [0.717, 1.165) is 11.1 Å². The van der Waals surface area contributed by atoms with Gasteiger partial charge >= 0.3 is 5.97 Å². The van der Waals surface area contributed by atoms with Crippen molar-refractivity contribution in [2.24, 2.45) is 0 Å². The van der Waals surface area contributed by atoms with Gasteiger partial charge in [-0.2, -0.15) is 0 Å². The van der Waals surface area contributed by atoms with Crippen LogP contribution < -0.4 is 5.19 Å². The third kappa shape index (κ3) is 4.36. The summed E-state index contributed by atoms with van der Waals surface area (Å²) in [6.45, 7) is 6.59.